The molecule has 14 heavy (non-hydrogen) atoms. The third kappa shape index (κ3) is 2.10. The molecule has 1 heterocycles. The lowest BCUT2D eigenvalue weighted by Crippen LogP contribution is -2.58. The molecule has 0 fully saturated rings. The van der Waals surface area contributed by atoms with E-state index in [4.69, 9.17) is 0 Å². The molecule has 3 heteroatoms. The first-order valence-electron chi connectivity index (χ1n) is 5.48. The average Bonchev–Trinajstić information content (AvgIpc) is 2.19. The third-order valence-electron chi connectivity index (χ3n) is 3.11. The minimum atomic E-state index is 0.407. The van der Waals surface area contributed by atoms with E-state index in [2.05, 4.69) is 61.8 Å². The van der Waals surface area contributed by atoms with Gasteiger partial charge in [0.2, 0.25) is 0 Å². The molecule has 0 aromatic heterocycles. The van der Waals surface area contributed by atoms with Crippen LogP contribution < -0.4 is 0 Å². The van der Waals surface area contributed by atoms with Crippen LogP contribution in [0.1, 0.15) is 20.8 Å². The van der Waals surface area contributed by atoms with Crippen molar-refractivity contribution >= 4 is 0 Å². The Bertz CT molecular complexity index is 199. The lowest BCUT2D eigenvalue weighted by atomic mass is 10.2. The highest BCUT2D eigenvalue weighted by molar-refractivity contribution is 4.98. The van der Waals surface area contributed by atoms with Crippen LogP contribution in [0.15, 0.2) is 12.3 Å². The highest BCUT2D eigenvalue weighted by Crippen LogP contribution is 2.17. The van der Waals surface area contributed by atoms with Crippen LogP contribution in [0.3, 0.4) is 0 Å². The number of rotatable bonds is 3. The molecule has 82 valence electrons. The lowest BCUT2D eigenvalue weighted by Gasteiger charge is -2.46. The fourth-order valence-electron chi connectivity index (χ4n) is 2.04. The summed E-state index contributed by atoms with van der Waals surface area (Å²) in [4.78, 5) is 7.12. The van der Waals surface area contributed by atoms with Crippen molar-refractivity contribution in [2.75, 3.05) is 27.2 Å². The van der Waals surface area contributed by atoms with Crippen molar-refractivity contribution in [1.82, 2.24) is 14.7 Å². The maximum Gasteiger partial charge on any atom is 0.139 e. The molecule has 0 radical (unpaired) electrons. The smallest absolute Gasteiger partial charge is 0.139 e. The Balaban J connectivity index is 2.79. The monoisotopic (exact) mass is 197 g/mol. The molecule has 3 nitrogen and oxygen atoms in total. The van der Waals surface area contributed by atoms with Crippen LogP contribution >= 0.6 is 0 Å². The van der Waals surface area contributed by atoms with Crippen LogP contribution in [0.4, 0.5) is 0 Å². The molecule has 0 aromatic carbocycles. The van der Waals surface area contributed by atoms with E-state index in [0.29, 0.717) is 12.3 Å². The predicted octanol–water partition coefficient (Wildman–Crippen LogP) is 1.39. The van der Waals surface area contributed by atoms with Gasteiger partial charge in [0, 0.05) is 13.1 Å². The fraction of sp³-hybridized carbons (Fsp3) is 0.818. The number of hydrogen-bond acceptors (Lipinski definition) is 3. The Morgan fingerprint density at radius 1 is 1.21 bits per heavy atom. The molecule has 0 spiro atoms. The summed E-state index contributed by atoms with van der Waals surface area (Å²) in [5, 5.41) is 0. The van der Waals surface area contributed by atoms with Crippen molar-refractivity contribution < 1.29 is 0 Å². The van der Waals surface area contributed by atoms with Crippen LogP contribution in [0.5, 0.6) is 0 Å². The van der Waals surface area contributed by atoms with E-state index in [1.54, 1.807) is 0 Å². The predicted molar refractivity (Wildman–Crippen MR) is 60.8 cm³/mol. The molecule has 1 aliphatic rings. The highest BCUT2D eigenvalue weighted by Gasteiger charge is 2.28. The zero-order chi connectivity index (χ0) is 10.7. The van der Waals surface area contributed by atoms with Gasteiger partial charge in [0.1, 0.15) is 6.29 Å². The minimum absolute atomic E-state index is 0.407. The van der Waals surface area contributed by atoms with Crippen molar-refractivity contribution in [3.8, 4) is 0 Å². The second-order valence-corrected chi connectivity index (χ2v) is 3.98. The van der Waals surface area contributed by atoms with Crippen molar-refractivity contribution in [3.05, 3.63) is 12.3 Å². The van der Waals surface area contributed by atoms with Crippen molar-refractivity contribution in [2.45, 2.75) is 33.1 Å². The molecule has 0 aromatic rings. The summed E-state index contributed by atoms with van der Waals surface area (Å²) < 4.78 is 0. The largest absolute Gasteiger partial charge is 0.353 e. The van der Waals surface area contributed by atoms with E-state index in [0.717, 1.165) is 13.1 Å². The van der Waals surface area contributed by atoms with E-state index in [1.165, 1.54) is 0 Å². The Hall–Kier alpha value is -0.540. The molecule has 0 aliphatic carbocycles. The molecular formula is C11H23N3. The average molecular weight is 197 g/mol. The van der Waals surface area contributed by atoms with Crippen molar-refractivity contribution in [3.63, 3.8) is 0 Å². The lowest BCUT2D eigenvalue weighted by molar-refractivity contribution is -0.0401. The fourth-order valence-corrected chi connectivity index (χ4v) is 2.04. The zero-order valence-corrected chi connectivity index (χ0v) is 10.1. The zero-order valence-electron chi connectivity index (χ0n) is 10.1. The van der Waals surface area contributed by atoms with E-state index < -0.39 is 0 Å². The number of nitrogens with zero attached hydrogens (tertiary/aromatic N) is 3. The van der Waals surface area contributed by atoms with Gasteiger partial charge in [-0.3, -0.25) is 9.80 Å². The highest BCUT2D eigenvalue weighted by atomic mass is 15.5. The van der Waals surface area contributed by atoms with Gasteiger partial charge in [-0.05, 0) is 33.3 Å². The Kier molecular flexibility index (Phi) is 3.96. The SMILES string of the molecule is CCN(CC)C1N(C)C=CC(C)N1C. The van der Waals surface area contributed by atoms with Gasteiger partial charge < -0.3 is 4.90 Å². The van der Waals surface area contributed by atoms with E-state index in [-0.39, 0.29) is 0 Å². The topological polar surface area (TPSA) is 9.72 Å². The maximum absolute atomic E-state index is 2.46. The summed E-state index contributed by atoms with van der Waals surface area (Å²) >= 11 is 0. The molecule has 0 N–H and O–H groups in total. The molecule has 1 rings (SSSR count). The molecule has 0 amide bonds. The number of likely N-dealkylation sites (N-methyl/N-ethyl adjacent to an activating group) is 1. The van der Waals surface area contributed by atoms with E-state index in [9.17, 15) is 0 Å². The molecular weight excluding hydrogens is 174 g/mol. The van der Waals surface area contributed by atoms with Crippen LogP contribution in [0.25, 0.3) is 0 Å². The first-order chi connectivity index (χ1) is 6.61. The van der Waals surface area contributed by atoms with Gasteiger partial charge in [-0.1, -0.05) is 19.9 Å². The first-order valence-corrected chi connectivity index (χ1v) is 5.48. The second kappa shape index (κ2) is 4.80. The van der Waals surface area contributed by atoms with Gasteiger partial charge in [-0.25, -0.2) is 0 Å². The maximum atomic E-state index is 2.46. The summed E-state index contributed by atoms with van der Waals surface area (Å²) in [7, 11) is 4.33. The third-order valence-corrected chi connectivity index (χ3v) is 3.11. The molecule has 0 saturated heterocycles. The Morgan fingerprint density at radius 2 is 1.79 bits per heavy atom. The standard InChI is InChI=1S/C11H23N3/c1-6-14(7-2)11-12(4)9-8-10(3)13(11)5/h8-11H,6-7H2,1-5H3. The molecule has 2 unspecified atom stereocenters. The van der Waals surface area contributed by atoms with Crippen molar-refractivity contribution in [1.29, 1.82) is 0 Å². The summed E-state index contributed by atoms with van der Waals surface area (Å²) in [5.41, 5.74) is 0. The van der Waals surface area contributed by atoms with Crippen molar-refractivity contribution in [2.24, 2.45) is 0 Å². The van der Waals surface area contributed by atoms with Gasteiger partial charge in [-0.2, -0.15) is 0 Å². The molecule has 1 aliphatic heterocycles. The minimum Gasteiger partial charge on any atom is -0.353 e. The summed E-state index contributed by atoms with van der Waals surface area (Å²) in [5.74, 6) is 0. The van der Waals surface area contributed by atoms with Crippen LogP contribution in [-0.4, -0.2) is 54.2 Å². The van der Waals surface area contributed by atoms with Gasteiger partial charge in [0.05, 0.1) is 0 Å². The Labute approximate surface area is 88.0 Å². The summed E-state index contributed by atoms with van der Waals surface area (Å²) in [6.07, 6.45) is 4.83. The normalized spacial score (nSPS) is 28.9. The van der Waals surface area contributed by atoms with Crippen LogP contribution in [-0.2, 0) is 0 Å². The number of hydrogen-bond donors (Lipinski definition) is 0. The van der Waals surface area contributed by atoms with E-state index >= 15 is 0 Å². The summed E-state index contributed by atoms with van der Waals surface area (Å²) in [6, 6.07) is 0.525. The molecule has 0 saturated carbocycles. The first kappa shape index (κ1) is 11.5. The van der Waals surface area contributed by atoms with Gasteiger partial charge in [0.25, 0.3) is 0 Å². The molecule has 2 atom stereocenters. The molecule has 0 bridgehead atoms. The van der Waals surface area contributed by atoms with Crippen LogP contribution in [0, 0.1) is 0 Å². The van der Waals surface area contributed by atoms with Gasteiger partial charge >= 0.3 is 0 Å². The van der Waals surface area contributed by atoms with Crippen LogP contribution in [0.2, 0.25) is 0 Å². The van der Waals surface area contributed by atoms with Gasteiger partial charge in [0.15, 0.2) is 0 Å². The second-order valence-electron chi connectivity index (χ2n) is 3.98. The Morgan fingerprint density at radius 3 is 2.29 bits per heavy atom. The summed E-state index contributed by atoms with van der Waals surface area (Å²) in [6.45, 7) is 8.86. The van der Waals surface area contributed by atoms with Gasteiger partial charge in [-0.15, -0.1) is 0 Å². The van der Waals surface area contributed by atoms with E-state index in [1.807, 2.05) is 0 Å². The quantitative estimate of drug-likeness (QED) is 0.677.